The van der Waals surface area contributed by atoms with Gasteiger partial charge in [-0.1, -0.05) is 0 Å². The number of aromatic amines is 2. The molecule has 140 valence electrons. The van der Waals surface area contributed by atoms with Gasteiger partial charge in [-0.25, -0.2) is 4.79 Å². The van der Waals surface area contributed by atoms with Gasteiger partial charge in [0.05, 0.1) is 23.1 Å². The number of methoxy groups -OCH3 is 1. The number of nitro benzene ring substituents is 1. The van der Waals surface area contributed by atoms with Gasteiger partial charge in [0.2, 0.25) is 0 Å². The summed E-state index contributed by atoms with van der Waals surface area (Å²) in [4.78, 5) is 39.4. The summed E-state index contributed by atoms with van der Waals surface area (Å²) < 4.78 is 6.85. The Kier molecular flexibility index (Phi) is 4.04. The van der Waals surface area contributed by atoms with Crippen molar-refractivity contribution in [1.82, 2.24) is 14.5 Å². The van der Waals surface area contributed by atoms with Crippen LogP contribution in [0.15, 0.2) is 64.2 Å². The van der Waals surface area contributed by atoms with Crippen LogP contribution >= 0.6 is 0 Å². The Morgan fingerprint density at radius 1 is 1.00 bits per heavy atom. The highest BCUT2D eigenvalue weighted by Gasteiger charge is 2.17. The van der Waals surface area contributed by atoms with Crippen LogP contribution in [0.3, 0.4) is 0 Å². The molecule has 2 aromatic heterocycles. The number of H-pyrrole nitrogens is 2. The third-order valence-electron chi connectivity index (χ3n) is 4.41. The van der Waals surface area contributed by atoms with Crippen molar-refractivity contribution < 1.29 is 9.66 Å². The summed E-state index contributed by atoms with van der Waals surface area (Å²) in [5, 5.41) is 11.2. The normalized spacial score (nSPS) is 10.9. The molecule has 0 amide bonds. The summed E-state index contributed by atoms with van der Waals surface area (Å²) in [5.74, 6) is 0.674. The zero-order chi connectivity index (χ0) is 19.8. The smallest absolute Gasteiger partial charge is 0.327 e. The number of ether oxygens (including phenoxy) is 1. The Labute approximate surface area is 157 Å². The molecule has 2 heterocycles. The molecule has 0 unspecified atom stereocenters. The zero-order valence-electron chi connectivity index (χ0n) is 14.6. The number of nitrogens with one attached hydrogen (secondary N) is 2. The Hall–Kier alpha value is -4.14. The van der Waals surface area contributed by atoms with Crippen LogP contribution in [-0.2, 0) is 0 Å². The maximum atomic E-state index is 12.3. The van der Waals surface area contributed by atoms with Gasteiger partial charge in [0, 0.05) is 17.8 Å². The third-order valence-corrected chi connectivity index (χ3v) is 4.41. The number of benzene rings is 2. The number of nitro groups is 1. The Bertz CT molecular complexity index is 1300. The number of hydrogen-bond donors (Lipinski definition) is 2. The van der Waals surface area contributed by atoms with Crippen LogP contribution < -0.4 is 16.0 Å². The average molecular weight is 378 g/mol. The minimum atomic E-state index is -0.639. The van der Waals surface area contributed by atoms with Gasteiger partial charge in [-0.15, -0.1) is 0 Å². The Morgan fingerprint density at radius 2 is 1.68 bits per heavy atom. The molecule has 9 heteroatoms. The summed E-state index contributed by atoms with van der Waals surface area (Å²) in [5.41, 5.74) is 1.06. The van der Waals surface area contributed by atoms with Crippen molar-refractivity contribution in [3.63, 3.8) is 0 Å². The van der Waals surface area contributed by atoms with E-state index in [1.165, 1.54) is 12.1 Å². The number of non-ortho nitro benzene ring substituents is 1. The quantitative estimate of drug-likeness (QED) is 0.417. The van der Waals surface area contributed by atoms with Crippen molar-refractivity contribution in [1.29, 1.82) is 0 Å². The SMILES string of the molecule is COc1ccc(-c2cc3c(=O)[nH]c(=O)[nH]c3n2-c2ccc([N+](=O)[O-])cc2)cc1. The first kappa shape index (κ1) is 17.3. The second kappa shape index (κ2) is 6.54. The van der Waals surface area contributed by atoms with E-state index in [0.717, 1.165) is 5.56 Å². The number of aromatic nitrogens is 3. The number of nitrogens with zero attached hydrogens (tertiary/aromatic N) is 2. The lowest BCUT2D eigenvalue weighted by Gasteiger charge is -2.11. The summed E-state index contributed by atoms with van der Waals surface area (Å²) in [6, 6.07) is 14.7. The minimum absolute atomic E-state index is 0.0578. The number of hydrogen-bond acceptors (Lipinski definition) is 5. The van der Waals surface area contributed by atoms with E-state index in [0.29, 0.717) is 28.2 Å². The van der Waals surface area contributed by atoms with Gasteiger partial charge in [-0.2, -0.15) is 0 Å². The molecule has 0 spiro atoms. The van der Waals surface area contributed by atoms with Crippen molar-refractivity contribution in [3.8, 4) is 22.7 Å². The van der Waals surface area contributed by atoms with Crippen LogP contribution in [0.5, 0.6) is 5.75 Å². The van der Waals surface area contributed by atoms with Gasteiger partial charge in [0.1, 0.15) is 11.4 Å². The largest absolute Gasteiger partial charge is 0.497 e. The maximum absolute atomic E-state index is 12.3. The van der Waals surface area contributed by atoms with E-state index in [9.17, 15) is 19.7 Å². The minimum Gasteiger partial charge on any atom is -0.497 e. The van der Waals surface area contributed by atoms with Crippen LogP contribution in [0.25, 0.3) is 28.0 Å². The van der Waals surface area contributed by atoms with Gasteiger partial charge < -0.3 is 4.74 Å². The molecule has 28 heavy (non-hydrogen) atoms. The molecular formula is C19H14N4O5. The lowest BCUT2D eigenvalue weighted by Crippen LogP contribution is -2.22. The first-order valence-corrected chi connectivity index (χ1v) is 8.25. The zero-order valence-corrected chi connectivity index (χ0v) is 14.6. The second-order valence-corrected chi connectivity index (χ2v) is 6.04. The predicted octanol–water partition coefficient (Wildman–Crippen LogP) is 2.59. The molecular weight excluding hydrogens is 364 g/mol. The van der Waals surface area contributed by atoms with Crippen LogP contribution in [-0.4, -0.2) is 26.6 Å². The van der Waals surface area contributed by atoms with Crippen molar-refractivity contribution in [3.05, 3.63) is 85.5 Å². The van der Waals surface area contributed by atoms with E-state index in [4.69, 9.17) is 4.74 Å². The standard InChI is InChI=1S/C19H14N4O5/c1-28-14-8-2-11(3-9-14)16-10-15-17(20-19(25)21-18(15)24)22(16)12-4-6-13(7-5-12)23(26)27/h2-10H,1H3,(H2,20,21,24,25). The highest BCUT2D eigenvalue weighted by Crippen LogP contribution is 2.30. The van der Waals surface area contributed by atoms with Crippen LogP contribution in [0.1, 0.15) is 0 Å². The molecule has 4 rings (SSSR count). The molecule has 9 nitrogen and oxygen atoms in total. The van der Waals surface area contributed by atoms with E-state index in [-0.39, 0.29) is 5.69 Å². The first-order chi connectivity index (χ1) is 13.5. The van der Waals surface area contributed by atoms with Gasteiger partial charge >= 0.3 is 5.69 Å². The maximum Gasteiger partial charge on any atom is 0.327 e. The van der Waals surface area contributed by atoms with E-state index >= 15 is 0 Å². The van der Waals surface area contributed by atoms with E-state index in [1.54, 1.807) is 42.0 Å². The van der Waals surface area contributed by atoms with Crippen LogP contribution in [0, 0.1) is 10.1 Å². The lowest BCUT2D eigenvalue weighted by molar-refractivity contribution is -0.384. The molecule has 2 aromatic carbocycles. The molecule has 0 radical (unpaired) electrons. The fraction of sp³-hybridized carbons (Fsp3) is 0.0526. The summed E-state index contributed by atoms with van der Waals surface area (Å²) in [7, 11) is 1.56. The topological polar surface area (TPSA) is 123 Å². The van der Waals surface area contributed by atoms with Crippen molar-refractivity contribution in [2.45, 2.75) is 0 Å². The van der Waals surface area contributed by atoms with E-state index in [1.807, 2.05) is 12.1 Å². The average Bonchev–Trinajstić information content (AvgIpc) is 3.07. The lowest BCUT2D eigenvalue weighted by atomic mass is 10.1. The first-order valence-electron chi connectivity index (χ1n) is 8.25. The summed E-state index contributed by atoms with van der Waals surface area (Å²) >= 11 is 0. The second-order valence-electron chi connectivity index (χ2n) is 6.04. The summed E-state index contributed by atoms with van der Waals surface area (Å²) in [6.45, 7) is 0. The Balaban J connectivity index is 2.02. The third kappa shape index (κ3) is 2.84. The van der Waals surface area contributed by atoms with Crippen LogP contribution in [0.4, 0.5) is 5.69 Å². The van der Waals surface area contributed by atoms with Gasteiger partial charge in [0.25, 0.3) is 11.2 Å². The molecule has 0 aliphatic heterocycles. The molecule has 0 aliphatic carbocycles. The molecule has 2 N–H and O–H groups in total. The van der Waals surface area contributed by atoms with Gasteiger partial charge in [-0.05, 0) is 48.0 Å². The predicted molar refractivity (Wildman–Crippen MR) is 103 cm³/mol. The van der Waals surface area contributed by atoms with E-state index in [2.05, 4.69) is 9.97 Å². The molecule has 0 aliphatic rings. The molecule has 0 bridgehead atoms. The van der Waals surface area contributed by atoms with E-state index < -0.39 is 16.2 Å². The van der Waals surface area contributed by atoms with Crippen molar-refractivity contribution >= 4 is 16.7 Å². The monoisotopic (exact) mass is 378 g/mol. The molecule has 4 aromatic rings. The number of fused-ring (bicyclic) bond motifs is 1. The van der Waals surface area contributed by atoms with Gasteiger partial charge in [-0.3, -0.25) is 29.4 Å². The summed E-state index contributed by atoms with van der Waals surface area (Å²) in [6.07, 6.45) is 0. The van der Waals surface area contributed by atoms with Crippen molar-refractivity contribution in [2.24, 2.45) is 0 Å². The van der Waals surface area contributed by atoms with Crippen molar-refractivity contribution in [2.75, 3.05) is 7.11 Å². The highest BCUT2D eigenvalue weighted by atomic mass is 16.6. The molecule has 0 saturated carbocycles. The fourth-order valence-electron chi connectivity index (χ4n) is 3.08. The highest BCUT2D eigenvalue weighted by molar-refractivity contribution is 5.85. The van der Waals surface area contributed by atoms with Gasteiger partial charge in [0.15, 0.2) is 0 Å². The molecule has 0 atom stereocenters. The fourth-order valence-corrected chi connectivity index (χ4v) is 3.08. The molecule has 0 fully saturated rings. The van der Waals surface area contributed by atoms with Crippen LogP contribution in [0.2, 0.25) is 0 Å². The number of rotatable bonds is 4. The molecule has 0 saturated heterocycles. The Morgan fingerprint density at radius 3 is 2.29 bits per heavy atom.